The molecule has 2 rings (SSSR count). The highest BCUT2D eigenvalue weighted by Crippen LogP contribution is 2.15. The van der Waals surface area contributed by atoms with Gasteiger partial charge in [-0.3, -0.25) is 20.4 Å². The molecule has 0 unspecified atom stereocenters. The summed E-state index contributed by atoms with van der Waals surface area (Å²) in [5, 5.41) is 0. The lowest BCUT2D eigenvalue weighted by atomic mass is 10.2. The van der Waals surface area contributed by atoms with Crippen LogP contribution in [0.5, 0.6) is 5.75 Å². The highest BCUT2D eigenvalue weighted by molar-refractivity contribution is 5.96. The summed E-state index contributed by atoms with van der Waals surface area (Å²) in [6, 6.07) is 14.9. The molecule has 0 aromatic heterocycles. The van der Waals surface area contributed by atoms with E-state index in [1.165, 1.54) is 0 Å². The van der Waals surface area contributed by atoms with Crippen LogP contribution in [-0.2, 0) is 9.53 Å². The average Bonchev–Trinajstić information content (AvgIpc) is 2.69. The number of hydrogen-bond acceptors (Lipinski definition) is 5. The van der Waals surface area contributed by atoms with Crippen molar-refractivity contribution in [1.82, 2.24) is 10.9 Å². The van der Waals surface area contributed by atoms with Gasteiger partial charge < -0.3 is 9.47 Å². The van der Waals surface area contributed by atoms with E-state index in [-0.39, 0.29) is 5.56 Å². The Morgan fingerprint density at radius 3 is 2.33 bits per heavy atom. The van der Waals surface area contributed by atoms with Gasteiger partial charge in [0.25, 0.3) is 11.8 Å². The van der Waals surface area contributed by atoms with Crippen molar-refractivity contribution in [3.05, 3.63) is 65.7 Å². The molecular formula is C20H22N2O5. The lowest BCUT2D eigenvalue weighted by Gasteiger charge is -2.10. The Kier molecular flexibility index (Phi) is 7.37. The van der Waals surface area contributed by atoms with E-state index in [1.807, 2.05) is 13.8 Å². The van der Waals surface area contributed by atoms with E-state index in [2.05, 4.69) is 10.9 Å². The van der Waals surface area contributed by atoms with Crippen molar-refractivity contribution in [3.8, 4) is 5.75 Å². The van der Waals surface area contributed by atoms with Crippen molar-refractivity contribution in [2.45, 2.75) is 13.8 Å². The van der Waals surface area contributed by atoms with Gasteiger partial charge in [-0.05, 0) is 36.2 Å². The second kappa shape index (κ2) is 9.96. The van der Waals surface area contributed by atoms with E-state index in [0.717, 1.165) is 0 Å². The molecule has 0 aliphatic carbocycles. The molecule has 2 N–H and O–H groups in total. The molecule has 7 nitrogen and oxygen atoms in total. The Morgan fingerprint density at radius 1 is 0.926 bits per heavy atom. The Morgan fingerprint density at radius 2 is 1.63 bits per heavy atom. The topological polar surface area (TPSA) is 93.7 Å². The maximum absolute atomic E-state index is 12.1. The second-order valence-corrected chi connectivity index (χ2v) is 6.18. The van der Waals surface area contributed by atoms with Crippen LogP contribution < -0.4 is 15.6 Å². The summed E-state index contributed by atoms with van der Waals surface area (Å²) < 4.78 is 10.5. The van der Waals surface area contributed by atoms with Gasteiger partial charge in [0.1, 0.15) is 5.75 Å². The van der Waals surface area contributed by atoms with E-state index < -0.39 is 24.4 Å². The number of hydrogen-bond donors (Lipinski definition) is 2. The van der Waals surface area contributed by atoms with Crippen LogP contribution in [0.3, 0.4) is 0 Å². The van der Waals surface area contributed by atoms with Crippen molar-refractivity contribution in [3.63, 3.8) is 0 Å². The summed E-state index contributed by atoms with van der Waals surface area (Å²) in [6.45, 7) is 4.05. The summed E-state index contributed by atoms with van der Waals surface area (Å²) in [5.41, 5.74) is 5.11. The fraction of sp³-hybridized carbons (Fsp3) is 0.250. The fourth-order valence-corrected chi connectivity index (χ4v) is 2.01. The third-order valence-electron chi connectivity index (χ3n) is 3.34. The lowest BCUT2D eigenvalue weighted by molar-refractivity contribution is -0.125. The number of carbonyl (C=O) groups excluding carboxylic acids is 3. The van der Waals surface area contributed by atoms with E-state index in [9.17, 15) is 14.4 Å². The molecule has 27 heavy (non-hydrogen) atoms. The summed E-state index contributed by atoms with van der Waals surface area (Å²) in [5.74, 6) is -0.868. The van der Waals surface area contributed by atoms with E-state index in [0.29, 0.717) is 23.8 Å². The molecule has 0 aliphatic heterocycles. The molecule has 2 aromatic carbocycles. The minimum Gasteiger partial charge on any atom is -0.493 e. The van der Waals surface area contributed by atoms with Gasteiger partial charge in [0.2, 0.25) is 0 Å². The quantitative estimate of drug-likeness (QED) is 0.576. The number of carbonyl (C=O) groups is 3. The monoisotopic (exact) mass is 370 g/mol. The molecule has 0 heterocycles. The fourth-order valence-electron chi connectivity index (χ4n) is 2.01. The highest BCUT2D eigenvalue weighted by atomic mass is 16.5. The molecular weight excluding hydrogens is 348 g/mol. The predicted octanol–water partition coefficient (Wildman–Crippen LogP) is 2.34. The molecule has 0 fully saturated rings. The van der Waals surface area contributed by atoms with Crippen LogP contribution in [0.1, 0.15) is 34.6 Å². The van der Waals surface area contributed by atoms with Crippen LogP contribution in [0.4, 0.5) is 0 Å². The highest BCUT2D eigenvalue weighted by Gasteiger charge is 2.12. The lowest BCUT2D eigenvalue weighted by Crippen LogP contribution is -2.43. The van der Waals surface area contributed by atoms with Crippen molar-refractivity contribution in [2.75, 3.05) is 13.2 Å². The molecule has 0 bridgehead atoms. The third kappa shape index (κ3) is 6.81. The van der Waals surface area contributed by atoms with Crippen LogP contribution in [0.2, 0.25) is 0 Å². The summed E-state index contributed by atoms with van der Waals surface area (Å²) in [4.78, 5) is 35.6. The van der Waals surface area contributed by atoms with Crippen molar-refractivity contribution >= 4 is 17.8 Å². The molecule has 0 spiro atoms. The first-order valence-electron chi connectivity index (χ1n) is 8.50. The molecule has 7 heteroatoms. The van der Waals surface area contributed by atoms with Gasteiger partial charge in [0, 0.05) is 5.56 Å². The van der Waals surface area contributed by atoms with Crippen LogP contribution in [0.25, 0.3) is 0 Å². The van der Waals surface area contributed by atoms with Crippen LogP contribution in [0.15, 0.2) is 54.6 Å². The van der Waals surface area contributed by atoms with Crippen LogP contribution >= 0.6 is 0 Å². The summed E-state index contributed by atoms with van der Waals surface area (Å²) >= 11 is 0. The molecule has 0 saturated carbocycles. The third-order valence-corrected chi connectivity index (χ3v) is 3.34. The number of ether oxygens (including phenoxy) is 2. The molecule has 2 amide bonds. The number of rotatable bonds is 7. The molecule has 0 atom stereocenters. The molecule has 0 saturated heterocycles. The zero-order valence-electron chi connectivity index (χ0n) is 15.2. The number of hydrazine groups is 1. The van der Waals surface area contributed by atoms with E-state index >= 15 is 0 Å². The summed E-state index contributed by atoms with van der Waals surface area (Å²) in [6.07, 6.45) is 0. The van der Waals surface area contributed by atoms with Crippen molar-refractivity contribution in [1.29, 1.82) is 0 Å². The minimum absolute atomic E-state index is 0.275. The maximum atomic E-state index is 12.1. The zero-order chi connectivity index (χ0) is 19.6. The zero-order valence-corrected chi connectivity index (χ0v) is 15.2. The Labute approximate surface area is 157 Å². The van der Waals surface area contributed by atoms with Gasteiger partial charge in [0.05, 0.1) is 12.2 Å². The van der Waals surface area contributed by atoms with Gasteiger partial charge >= 0.3 is 5.97 Å². The Hall–Kier alpha value is -3.35. The molecule has 0 radical (unpaired) electrons. The van der Waals surface area contributed by atoms with Gasteiger partial charge in [0.15, 0.2) is 6.61 Å². The Balaban J connectivity index is 1.78. The number of amides is 2. The Bertz CT molecular complexity index is 790. The molecule has 0 aliphatic rings. The van der Waals surface area contributed by atoms with Gasteiger partial charge in [-0.1, -0.05) is 38.1 Å². The first kappa shape index (κ1) is 20.0. The molecule has 142 valence electrons. The first-order valence-corrected chi connectivity index (χ1v) is 8.50. The largest absolute Gasteiger partial charge is 0.493 e. The van der Waals surface area contributed by atoms with Crippen molar-refractivity contribution < 1.29 is 23.9 Å². The first-order chi connectivity index (χ1) is 13.0. The second-order valence-electron chi connectivity index (χ2n) is 6.18. The van der Waals surface area contributed by atoms with E-state index in [4.69, 9.17) is 9.47 Å². The average molecular weight is 370 g/mol. The van der Waals surface area contributed by atoms with Crippen molar-refractivity contribution in [2.24, 2.45) is 5.92 Å². The predicted molar refractivity (Wildman–Crippen MR) is 99.1 cm³/mol. The number of esters is 1. The number of nitrogens with one attached hydrogen (secondary N) is 2. The van der Waals surface area contributed by atoms with Gasteiger partial charge in [-0.2, -0.15) is 0 Å². The normalized spacial score (nSPS) is 10.2. The van der Waals surface area contributed by atoms with Gasteiger partial charge in [-0.25, -0.2) is 4.79 Å². The maximum Gasteiger partial charge on any atom is 0.338 e. The van der Waals surface area contributed by atoms with E-state index in [1.54, 1.807) is 54.6 Å². The number of benzene rings is 2. The van der Waals surface area contributed by atoms with Crippen LogP contribution in [0, 0.1) is 5.92 Å². The SMILES string of the molecule is CC(C)COc1cccc(C(=O)OCC(=O)NNC(=O)c2ccccc2)c1. The standard InChI is InChI=1S/C20H22N2O5/c1-14(2)12-26-17-10-6-9-16(11-17)20(25)27-13-18(23)21-22-19(24)15-7-4-3-5-8-15/h3-11,14H,12-13H2,1-2H3,(H,21,23)(H,22,24). The smallest absolute Gasteiger partial charge is 0.338 e. The van der Waals surface area contributed by atoms with Crippen LogP contribution in [-0.4, -0.2) is 31.0 Å². The molecule has 2 aromatic rings. The summed E-state index contributed by atoms with van der Waals surface area (Å²) in [7, 11) is 0. The van der Waals surface area contributed by atoms with Gasteiger partial charge in [-0.15, -0.1) is 0 Å². The minimum atomic E-state index is -0.658.